The van der Waals surface area contributed by atoms with Gasteiger partial charge in [-0.15, -0.1) is 0 Å². The van der Waals surface area contributed by atoms with Gasteiger partial charge < -0.3 is 19.0 Å². The number of hydrogen-bond donors (Lipinski definition) is 0. The van der Waals surface area contributed by atoms with Crippen LogP contribution in [0.15, 0.2) is 30.3 Å². The van der Waals surface area contributed by atoms with Crippen LogP contribution in [-0.4, -0.2) is 31.8 Å². The topological polar surface area (TPSA) is 61.8 Å². The zero-order chi connectivity index (χ0) is 13.9. The van der Waals surface area contributed by atoms with E-state index in [0.717, 1.165) is 5.56 Å². The van der Waals surface area contributed by atoms with E-state index in [9.17, 15) is 9.59 Å². The lowest BCUT2D eigenvalue weighted by Crippen LogP contribution is -2.28. The molecule has 0 aliphatic heterocycles. The molecule has 1 aromatic rings. The van der Waals surface area contributed by atoms with Crippen LogP contribution in [0.4, 0.5) is 0 Å². The lowest BCUT2D eigenvalue weighted by Gasteiger charge is -2.14. The fourth-order valence-corrected chi connectivity index (χ4v) is 1.42. The first-order valence-corrected chi connectivity index (χ1v) is 6.11. The van der Waals surface area contributed by atoms with E-state index in [-0.39, 0.29) is 19.8 Å². The summed E-state index contributed by atoms with van der Waals surface area (Å²) in [6.07, 6.45) is -0.306. The highest BCUT2D eigenvalue weighted by Gasteiger charge is 2.19. The van der Waals surface area contributed by atoms with E-state index in [0.29, 0.717) is 12.9 Å². The van der Waals surface area contributed by atoms with E-state index < -0.39 is 12.1 Å². The van der Waals surface area contributed by atoms with Crippen molar-refractivity contribution in [1.82, 2.24) is 0 Å². The first kappa shape index (κ1) is 15.3. The maximum absolute atomic E-state index is 11.4. The molecule has 0 amide bonds. The summed E-state index contributed by atoms with van der Waals surface area (Å²) in [5.41, 5.74) is 1.01. The van der Waals surface area contributed by atoms with Crippen LogP contribution in [0.3, 0.4) is 0 Å². The Kier molecular flexibility index (Phi) is 7.46. The predicted octanol–water partition coefficient (Wildman–Crippen LogP) is 1.70. The molecular weight excluding hydrogens is 248 g/mol. The van der Waals surface area contributed by atoms with Crippen molar-refractivity contribution in [2.45, 2.75) is 26.1 Å². The van der Waals surface area contributed by atoms with E-state index >= 15 is 0 Å². The molecule has 0 fully saturated rings. The zero-order valence-corrected chi connectivity index (χ0v) is 10.9. The minimum absolute atomic E-state index is 0.0342. The molecule has 5 nitrogen and oxygen atoms in total. The monoisotopic (exact) mass is 266 g/mol. The third-order valence-corrected chi connectivity index (χ3v) is 2.32. The minimum Gasteiger partial charge on any atom is -0.464 e. The van der Waals surface area contributed by atoms with Crippen molar-refractivity contribution < 1.29 is 23.8 Å². The van der Waals surface area contributed by atoms with E-state index in [1.807, 2.05) is 30.3 Å². The van der Waals surface area contributed by atoms with Crippen molar-refractivity contribution in [3.8, 4) is 0 Å². The Morgan fingerprint density at radius 2 is 2.05 bits per heavy atom. The van der Waals surface area contributed by atoms with Crippen molar-refractivity contribution in [1.29, 1.82) is 0 Å². The molecule has 0 bridgehead atoms. The second-order valence-electron chi connectivity index (χ2n) is 3.76. The maximum atomic E-state index is 11.4. The zero-order valence-electron chi connectivity index (χ0n) is 10.9. The summed E-state index contributed by atoms with van der Waals surface area (Å²) in [6, 6.07) is 9.59. The van der Waals surface area contributed by atoms with Crippen LogP contribution in [0.25, 0.3) is 0 Å². The van der Waals surface area contributed by atoms with Gasteiger partial charge in [0.1, 0.15) is 13.1 Å². The van der Waals surface area contributed by atoms with E-state index in [2.05, 4.69) is 0 Å². The number of carbonyl (C=O) groups is 2. The average Bonchev–Trinajstić information content (AvgIpc) is 2.43. The summed E-state index contributed by atoms with van der Waals surface area (Å²) in [6.45, 7) is 2.27. The van der Waals surface area contributed by atoms with Crippen LogP contribution in [0.5, 0.6) is 0 Å². The predicted molar refractivity (Wildman–Crippen MR) is 68.3 cm³/mol. The average molecular weight is 266 g/mol. The second kappa shape index (κ2) is 9.24. The van der Waals surface area contributed by atoms with Gasteiger partial charge in [-0.2, -0.15) is 0 Å². The van der Waals surface area contributed by atoms with E-state index in [4.69, 9.17) is 14.2 Å². The number of rotatable bonds is 9. The van der Waals surface area contributed by atoms with Gasteiger partial charge in [-0.25, -0.2) is 4.79 Å². The number of carbonyl (C=O) groups excluding carboxylic acids is 2. The molecule has 0 aliphatic carbocycles. The summed E-state index contributed by atoms with van der Waals surface area (Å²) in [5, 5.41) is 0. The van der Waals surface area contributed by atoms with Gasteiger partial charge in [0, 0.05) is 6.42 Å². The molecule has 19 heavy (non-hydrogen) atoms. The van der Waals surface area contributed by atoms with Gasteiger partial charge in [0.25, 0.3) is 0 Å². The van der Waals surface area contributed by atoms with Crippen LogP contribution < -0.4 is 0 Å². The Bertz CT molecular complexity index is 377. The van der Waals surface area contributed by atoms with Crippen molar-refractivity contribution in [2.24, 2.45) is 0 Å². The van der Waals surface area contributed by atoms with Crippen LogP contribution in [0, 0.1) is 0 Å². The molecule has 0 unspecified atom stereocenters. The molecule has 0 radical (unpaired) electrons. The minimum atomic E-state index is -0.895. The van der Waals surface area contributed by atoms with Crippen molar-refractivity contribution in [3.63, 3.8) is 0 Å². The molecule has 1 atom stereocenters. The Balaban J connectivity index is 2.28. The summed E-state index contributed by atoms with van der Waals surface area (Å²) < 4.78 is 15.3. The Labute approximate surface area is 112 Å². The molecule has 1 aromatic carbocycles. The number of hydrogen-bond acceptors (Lipinski definition) is 5. The number of benzene rings is 1. The quantitative estimate of drug-likeness (QED) is 0.294. The molecule has 1 rings (SSSR count). The first-order chi connectivity index (χ1) is 9.27. The van der Waals surface area contributed by atoms with Crippen molar-refractivity contribution in [2.75, 3.05) is 13.4 Å². The van der Waals surface area contributed by atoms with Crippen LogP contribution >= 0.6 is 0 Å². The highest BCUT2D eigenvalue weighted by molar-refractivity contribution is 5.77. The van der Waals surface area contributed by atoms with Gasteiger partial charge in [-0.1, -0.05) is 30.3 Å². The molecule has 0 aliphatic rings. The molecule has 104 valence electrons. The molecule has 0 heterocycles. The lowest BCUT2D eigenvalue weighted by atomic mass is 10.2. The number of aldehydes is 1. The highest BCUT2D eigenvalue weighted by Crippen LogP contribution is 2.03. The van der Waals surface area contributed by atoms with Crippen molar-refractivity contribution in [3.05, 3.63) is 35.9 Å². The van der Waals surface area contributed by atoms with Gasteiger partial charge in [-0.3, -0.25) is 0 Å². The Hall–Kier alpha value is -1.72. The molecular formula is C14H18O5. The van der Waals surface area contributed by atoms with Gasteiger partial charge in [-0.05, 0) is 12.5 Å². The molecule has 0 spiro atoms. The van der Waals surface area contributed by atoms with E-state index in [1.165, 1.54) is 0 Å². The fourth-order valence-electron chi connectivity index (χ4n) is 1.42. The van der Waals surface area contributed by atoms with Gasteiger partial charge >= 0.3 is 5.97 Å². The van der Waals surface area contributed by atoms with Gasteiger partial charge in [0.2, 0.25) is 0 Å². The van der Waals surface area contributed by atoms with Crippen LogP contribution in [0.1, 0.15) is 18.9 Å². The lowest BCUT2D eigenvalue weighted by molar-refractivity contribution is -0.168. The van der Waals surface area contributed by atoms with Crippen LogP contribution in [0.2, 0.25) is 0 Å². The standard InChI is InChI=1S/C14H18O5/c1-2-18-14(16)13(8-9-15)19-11-17-10-12-6-4-3-5-7-12/h3-7,9,13H,2,8,10-11H2,1H3/t13-/m1/s1. The van der Waals surface area contributed by atoms with Gasteiger partial charge in [0.05, 0.1) is 13.2 Å². The smallest absolute Gasteiger partial charge is 0.335 e. The maximum Gasteiger partial charge on any atom is 0.335 e. The highest BCUT2D eigenvalue weighted by atomic mass is 16.7. The largest absolute Gasteiger partial charge is 0.464 e. The normalized spacial score (nSPS) is 11.8. The third kappa shape index (κ3) is 6.13. The van der Waals surface area contributed by atoms with Gasteiger partial charge in [0.15, 0.2) is 6.10 Å². The number of esters is 1. The Morgan fingerprint density at radius 1 is 1.32 bits per heavy atom. The number of ether oxygens (including phenoxy) is 3. The summed E-state index contributed by atoms with van der Waals surface area (Å²) in [5.74, 6) is -0.544. The molecule has 0 aromatic heterocycles. The first-order valence-electron chi connectivity index (χ1n) is 6.11. The summed E-state index contributed by atoms with van der Waals surface area (Å²) in [7, 11) is 0. The molecule has 5 heteroatoms. The summed E-state index contributed by atoms with van der Waals surface area (Å²) >= 11 is 0. The third-order valence-electron chi connectivity index (χ3n) is 2.32. The molecule has 0 N–H and O–H groups in total. The van der Waals surface area contributed by atoms with Crippen LogP contribution in [-0.2, 0) is 30.4 Å². The molecule has 0 saturated carbocycles. The molecule has 0 saturated heterocycles. The SMILES string of the molecule is CCOC(=O)[C@@H](CC=O)OCOCc1ccccc1. The Morgan fingerprint density at radius 3 is 2.68 bits per heavy atom. The second-order valence-corrected chi connectivity index (χ2v) is 3.76. The van der Waals surface area contributed by atoms with E-state index in [1.54, 1.807) is 6.92 Å². The summed E-state index contributed by atoms with van der Waals surface area (Å²) in [4.78, 5) is 21.9. The fraction of sp³-hybridized carbons (Fsp3) is 0.429. The van der Waals surface area contributed by atoms with Crippen molar-refractivity contribution >= 4 is 12.3 Å².